The van der Waals surface area contributed by atoms with Crippen LogP contribution in [0.3, 0.4) is 0 Å². The summed E-state index contributed by atoms with van der Waals surface area (Å²) in [4.78, 5) is 12.0. The average molecular weight is 322 g/mol. The summed E-state index contributed by atoms with van der Waals surface area (Å²) in [6.07, 6.45) is 0. The van der Waals surface area contributed by atoms with Gasteiger partial charge >= 0.3 is 0 Å². The molecule has 1 heterocycles. The molecule has 3 rings (SSSR count). The predicted octanol–water partition coefficient (Wildman–Crippen LogP) is 3.92. The molecule has 5 nitrogen and oxygen atoms in total. The van der Waals surface area contributed by atoms with Gasteiger partial charge in [-0.25, -0.2) is 4.39 Å². The fourth-order valence-electron chi connectivity index (χ4n) is 2.08. The Labute approximate surface area is 138 Å². The lowest BCUT2D eigenvalue weighted by Crippen LogP contribution is -2.15. The minimum absolute atomic E-state index is 0.0406. The van der Waals surface area contributed by atoms with Gasteiger partial charge in [0.15, 0.2) is 11.6 Å². The molecule has 1 amide bonds. The van der Waals surface area contributed by atoms with E-state index in [4.69, 9.17) is 0 Å². The highest BCUT2D eigenvalue weighted by atomic mass is 19.1. The number of aryl methyl sites for hydroxylation is 1. The zero-order valence-corrected chi connectivity index (χ0v) is 13.0. The van der Waals surface area contributed by atoms with Crippen molar-refractivity contribution in [1.82, 2.24) is 10.2 Å². The maximum Gasteiger partial charge on any atom is 0.259 e. The SMILES string of the molecule is Cc1ccc(Nc2ccc(NC(=O)c3ccccc3F)nn2)cc1. The molecule has 0 radical (unpaired) electrons. The van der Waals surface area contributed by atoms with Crippen LogP contribution in [0.5, 0.6) is 0 Å². The number of carbonyl (C=O) groups is 1. The standard InChI is InChI=1S/C18H15FN4O/c1-12-6-8-13(9-7-12)20-16-10-11-17(23-22-16)21-18(24)14-4-2-3-5-15(14)19/h2-11H,1H3,(H,20,22)(H,21,23,24). The molecule has 0 fully saturated rings. The van der Waals surface area contributed by atoms with E-state index in [1.807, 2.05) is 31.2 Å². The van der Waals surface area contributed by atoms with Gasteiger partial charge in [-0.1, -0.05) is 29.8 Å². The fraction of sp³-hybridized carbons (Fsp3) is 0.0556. The normalized spacial score (nSPS) is 10.2. The van der Waals surface area contributed by atoms with Crippen molar-refractivity contribution >= 4 is 23.2 Å². The summed E-state index contributed by atoms with van der Waals surface area (Å²) < 4.78 is 13.6. The Morgan fingerprint density at radius 3 is 2.25 bits per heavy atom. The molecule has 0 spiro atoms. The highest BCUT2D eigenvalue weighted by Crippen LogP contribution is 2.16. The molecular formula is C18H15FN4O. The fourth-order valence-corrected chi connectivity index (χ4v) is 2.08. The van der Waals surface area contributed by atoms with Crippen molar-refractivity contribution in [2.24, 2.45) is 0 Å². The molecular weight excluding hydrogens is 307 g/mol. The van der Waals surface area contributed by atoms with Crippen LogP contribution in [0, 0.1) is 12.7 Å². The predicted molar refractivity (Wildman–Crippen MR) is 90.8 cm³/mol. The molecule has 0 aliphatic carbocycles. The first kappa shape index (κ1) is 15.6. The third kappa shape index (κ3) is 3.73. The van der Waals surface area contributed by atoms with Crippen LogP contribution in [0.25, 0.3) is 0 Å². The van der Waals surface area contributed by atoms with Crippen molar-refractivity contribution in [2.75, 3.05) is 10.6 Å². The highest BCUT2D eigenvalue weighted by molar-refractivity contribution is 6.03. The Morgan fingerprint density at radius 1 is 0.917 bits per heavy atom. The average Bonchev–Trinajstić information content (AvgIpc) is 2.59. The summed E-state index contributed by atoms with van der Waals surface area (Å²) in [7, 11) is 0. The van der Waals surface area contributed by atoms with E-state index in [9.17, 15) is 9.18 Å². The van der Waals surface area contributed by atoms with E-state index in [0.717, 1.165) is 11.3 Å². The lowest BCUT2D eigenvalue weighted by molar-refractivity contribution is 0.102. The smallest absolute Gasteiger partial charge is 0.259 e. The van der Waals surface area contributed by atoms with Crippen LogP contribution >= 0.6 is 0 Å². The number of hydrogen-bond acceptors (Lipinski definition) is 4. The van der Waals surface area contributed by atoms with Crippen molar-refractivity contribution < 1.29 is 9.18 Å². The molecule has 0 aliphatic rings. The van der Waals surface area contributed by atoms with Gasteiger partial charge < -0.3 is 10.6 Å². The molecule has 0 saturated heterocycles. The van der Waals surface area contributed by atoms with E-state index in [1.54, 1.807) is 18.2 Å². The number of hydrogen-bond donors (Lipinski definition) is 2. The molecule has 0 bridgehead atoms. The van der Waals surface area contributed by atoms with Gasteiger partial charge in [0.05, 0.1) is 5.56 Å². The summed E-state index contributed by atoms with van der Waals surface area (Å²) in [6.45, 7) is 2.01. The quantitative estimate of drug-likeness (QED) is 0.764. The van der Waals surface area contributed by atoms with Crippen LogP contribution in [-0.2, 0) is 0 Å². The van der Waals surface area contributed by atoms with Crippen LogP contribution in [0.1, 0.15) is 15.9 Å². The topological polar surface area (TPSA) is 66.9 Å². The molecule has 3 aromatic rings. The van der Waals surface area contributed by atoms with E-state index < -0.39 is 11.7 Å². The van der Waals surface area contributed by atoms with Gasteiger partial charge in [0, 0.05) is 5.69 Å². The Balaban J connectivity index is 1.67. The van der Waals surface area contributed by atoms with Gasteiger partial charge in [-0.15, -0.1) is 10.2 Å². The number of aromatic nitrogens is 2. The molecule has 6 heteroatoms. The maximum absolute atomic E-state index is 13.6. The van der Waals surface area contributed by atoms with Crippen LogP contribution in [0.4, 0.5) is 21.7 Å². The number of carbonyl (C=O) groups excluding carboxylic acids is 1. The number of amides is 1. The van der Waals surface area contributed by atoms with Crippen molar-refractivity contribution in [3.8, 4) is 0 Å². The molecule has 0 atom stereocenters. The summed E-state index contributed by atoms with van der Waals surface area (Å²) in [6, 6.07) is 16.9. The third-order valence-electron chi connectivity index (χ3n) is 3.35. The van der Waals surface area contributed by atoms with Crippen LogP contribution in [0.2, 0.25) is 0 Å². The van der Waals surface area contributed by atoms with Gasteiger partial charge in [0.25, 0.3) is 5.91 Å². The first-order valence-corrected chi connectivity index (χ1v) is 7.35. The van der Waals surface area contributed by atoms with Gasteiger partial charge in [-0.2, -0.15) is 0 Å². The number of nitrogens with zero attached hydrogens (tertiary/aromatic N) is 2. The van der Waals surface area contributed by atoms with Gasteiger partial charge in [-0.05, 0) is 43.3 Å². The van der Waals surface area contributed by atoms with Crippen LogP contribution in [-0.4, -0.2) is 16.1 Å². The molecule has 120 valence electrons. The number of rotatable bonds is 4. The largest absolute Gasteiger partial charge is 0.339 e. The van der Waals surface area contributed by atoms with Crippen LogP contribution in [0.15, 0.2) is 60.7 Å². The van der Waals surface area contributed by atoms with Gasteiger partial charge in [0.2, 0.25) is 0 Å². The second-order valence-corrected chi connectivity index (χ2v) is 5.23. The summed E-state index contributed by atoms with van der Waals surface area (Å²) in [5.74, 6) is -0.359. The minimum atomic E-state index is -0.583. The van der Waals surface area contributed by atoms with Crippen LogP contribution < -0.4 is 10.6 Å². The summed E-state index contributed by atoms with van der Waals surface area (Å²) in [5, 5.41) is 13.5. The third-order valence-corrected chi connectivity index (χ3v) is 3.35. The van der Waals surface area contributed by atoms with Crippen molar-refractivity contribution in [1.29, 1.82) is 0 Å². The Morgan fingerprint density at radius 2 is 1.58 bits per heavy atom. The molecule has 2 aromatic carbocycles. The number of halogens is 1. The van der Waals surface area contributed by atoms with E-state index in [-0.39, 0.29) is 11.4 Å². The number of nitrogens with one attached hydrogen (secondary N) is 2. The summed E-state index contributed by atoms with van der Waals surface area (Å²) >= 11 is 0. The number of anilines is 3. The first-order chi connectivity index (χ1) is 11.6. The van der Waals surface area contributed by atoms with Crippen molar-refractivity contribution in [3.05, 3.63) is 77.6 Å². The monoisotopic (exact) mass is 322 g/mol. The minimum Gasteiger partial charge on any atom is -0.339 e. The lowest BCUT2D eigenvalue weighted by atomic mass is 10.2. The Hall–Kier alpha value is -3.28. The van der Waals surface area contributed by atoms with E-state index in [2.05, 4.69) is 20.8 Å². The number of benzene rings is 2. The molecule has 0 aliphatic heterocycles. The first-order valence-electron chi connectivity index (χ1n) is 7.35. The van der Waals surface area contributed by atoms with Gasteiger partial charge in [0.1, 0.15) is 5.82 Å². The zero-order valence-electron chi connectivity index (χ0n) is 13.0. The van der Waals surface area contributed by atoms with E-state index >= 15 is 0 Å². The molecule has 1 aromatic heterocycles. The molecule has 0 unspecified atom stereocenters. The molecule has 0 saturated carbocycles. The second-order valence-electron chi connectivity index (χ2n) is 5.23. The highest BCUT2D eigenvalue weighted by Gasteiger charge is 2.11. The van der Waals surface area contributed by atoms with E-state index in [0.29, 0.717) is 5.82 Å². The maximum atomic E-state index is 13.6. The molecule has 24 heavy (non-hydrogen) atoms. The Bertz CT molecular complexity index is 848. The lowest BCUT2D eigenvalue weighted by Gasteiger charge is -2.07. The zero-order chi connectivity index (χ0) is 16.9. The van der Waals surface area contributed by atoms with Crippen molar-refractivity contribution in [2.45, 2.75) is 6.92 Å². The molecule has 2 N–H and O–H groups in total. The van der Waals surface area contributed by atoms with E-state index in [1.165, 1.54) is 18.2 Å². The Kier molecular flexibility index (Phi) is 4.47. The summed E-state index contributed by atoms with van der Waals surface area (Å²) in [5.41, 5.74) is 2.01. The van der Waals surface area contributed by atoms with Crippen molar-refractivity contribution in [3.63, 3.8) is 0 Å². The second kappa shape index (κ2) is 6.87. The van der Waals surface area contributed by atoms with Gasteiger partial charge in [-0.3, -0.25) is 4.79 Å².